The monoisotopic (exact) mass is 205 g/mol. The predicted molar refractivity (Wildman–Crippen MR) is 61.6 cm³/mol. The van der Waals surface area contributed by atoms with Crippen molar-refractivity contribution in [1.82, 2.24) is 4.90 Å². The minimum Gasteiger partial charge on any atom is -0.381 e. The molecule has 0 N–H and O–H groups in total. The lowest BCUT2D eigenvalue weighted by Gasteiger charge is -2.17. The Morgan fingerprint density at radius 3 is 2.38 bits per heavy atom. The Morgan fingerprint density at radius 2 is 1.92 bits per heavy atom. The van der Waals surface area contributed by atoms with E-state index in [1.54, 1.807) is 7.11 Å². The van der Waals surface area contributed by atoms with Gasteiger partial charge in [0.1, 0.15) is 0 Å². The van der Waals surface area contributed by atoms with Gasteiger partial charge in [0.25, 0.3) is 0 Å². The number of thioether (sulfide) groups is 1. The minimum atomic E-state index is 0.390. The summed E-state index contributed by atoms with van der Waals surface area (Å²) < 4.78 is 5.18. The second-order valence-electron chi connectivity index (χ2n) is 3.15. The van der Waals surface area contributed by atoms with Crippen molar-refractivity contribution in [2.24, 2.45) is 0 Å². The van der Waals surface area contributed by atoms with Crippen molar-refractivity contribution in [2.45, 2.75) is 26.9 Å². The molecule has 0 aromatic rings. The van der Waals surface area contributed by atoms with Crippen LogP contribution in [-0.4, -0.2) is 49.3 Å². The molecule has 13 heavy (non-hydrogen) atoms. The molecule has 1 atom stereocenters. The first-order chi connectivity index (χ1) is 6.24. The molecule has 80 valence electrons. The maximum Gasteiger partial charge on any atom is 0.0633 e. The van der Waals surface area contributed by atoms with Gasteiger partial charge in [-0.2, -0.15) is 11.8 Å². The molecule has 0 aliphatic rings. The molecule has 0 saturated carbocycles. The maximum atomic E-state index is 5.18. The van der Waals surface area contributed by atoms with E-state index in [-0.39, 0.29) is 0 Å². The van der Waals surface area contributed by atoms with Crippen molar-refractivity contribution in [3.63, 3.8) is 0 Å². The van der Waals surface area contributed by atoms with Crippen LogP contribution in [0.15, 0.2) is 0 Å². The fourth-order valence-corrected chi connectivity index (χ4v) is 2.07. The summed E-state index contributed by atoms with van der Waals surface area (Å²) in [4.78, 5) is 2.45. The molecule has 0 aliphatic carbocycles. The van der Waals surface area contributed by atoms with Crippen LogP contribution in [0.5, 0.6) is 0 Å². The molecule has 2 nitrogen and oxygen atoms in total. The summed E-state index contributed by atoms with van der Waals surface area (Å²) >= 11 is 1.98. The average molecular weight is 205 g/mol. The zero-order chi connectivity index (χ0) is 10.1. The third kappa shape index (κ3) is 7.35. The Kier molecular flexibility index (Phi) is 9.03. The van der Waals surface area contributed by atoms with Gasteiger partial charge in [-0.25, -0.2) is 0 Å². The average Bonchev–Trinajstić information content (AvgIpc) is 2.18. The van der Waals surface area contributed by atoms with Gasteiger partial charge in [-0.1, -0.05) is 13.8 Å². The van der Waals surface area contributed by atoms with Gasteiger partial charge in [-0.05, 0) is 20.0 Å². The fourth-order valence-electron chi connectivity index (χ4n) is 1.05. The summed E-state index contributed by atoms with van der Waals surface area (Å²) in [7, 11) is 1.77. The van der Waals surface area contributed by atoms with Crippen LogP contribution in [0.1, 0.15) is 20.8 Å². The number of hydrogen-bond acceptors (Lipinski definition) is 3. The third-order valence-corrected chi connectivity index (χ3v) is 3.38. The second kappa shape index (κ2) is 8.85. The number of nitrogens with zero attached hydrogens (tertiary/aromatic N) is 1. The van der Waals surface area contributed by atoms with Gasteiger partial charge >= 0.3 is 0 Å². The number of hydrogen-bond donors (Lipinski definition) is 0. The van der Waals surface area contributed by atoms with Crippen molar-refractivity contribution in [2.75, 3.05) is 38.2 Å². The Morgan fingerprint density at radius 1 is 1.31 bits per heavy atom. The summed E-state index contributed by atoms with van der Waals surface area (Å²) in [5.74, 6) is 2.33. The number of rotatable bonds is 8. The Labute approximate surface area is 87.0 Å². The van der Waals surface area contributed by atoms with E-state index >= 15 is 0 Å². The fraction of sp³-hybridized carbons (Fsp3) is 1.00. The zero-order valence-corrected chi connectivity index (χ0v) is 10.2. The molecule has 0 radical (unpaired) electrons. The summed E-state index contributed by atoms with van der Waals surface area (Å²) in [6.45, 7) is 10.1. The lowest BCUT2D eigenvalue weighted by molar-refractivity contribution is 0.138. The molecule has 1 unspecified atom stereocenters. The predicted octanol–water partition coefficient (Wildman–Crippen LogP) is 2.10. The summed E-state index contributed by atoms with van der Waals surface area (Å²) in [5, 5.41) is 0. The van der Waals surface area contributed by atoms with E-state index in [0.717, 1.165) is 18.8 Å². The van der Waals surface area contributed by atoms with Crippen LogP contribution in [0.25, 0.3) is 0 Å². The van der Waals surface area contributed by atoms with Gasteiger partial charge in [0.05, 0.1) is 6.10 Å². The largest absolute Gasteiger partial charge is 0.381 e. The van der Waals surface area contributed by atoms with Crippen LogP contribution in [0.2, 0.25) is 0 Å². The van der Waals surface area contributed by atoms with Gasteiger partial charge in [0.2, 0.25) is 0 Å². The second-order valence-corrected chi connectivity index (χ2v) is 4.30. The molecule has 0 amide bonds. The molecule has 0 aromatic heterocycles. The molecular weight excluding hydrogens is 182 g/mol. The first kappa shape index (κ1) is 13.3. The van der Waals surface area contributed by atoms with Crippen LogP contribution in [0.4, 0.5) is 0 Å². The van der Waals surface area contributed by atoms with Crippen LogP contribution >= 0.6 is 11.8 Å². The zero-order valence-electron chi connectivity index (χ0n) is 9.38. The minimum absolute atomic E-state index is 0.390. The van der Waals surface area contributed by atoms with Gasteiger partial charge < -0.3 is 9.64 Å². The highest BCUT2D eigenvalue weighted by Gasteiger charge is 2.01. The molecule has 0 aromatic carbocycles. The molecule has 0 bridgehead atoms. The summed E-state index contributed by atoms with van der Waals surface area (Å²) in [6, 6.07) is 0. The molecule has 0 fully saturated rings. The molecule has 0 aliphatic heterocycles. The number of methoxy groups -OCH3 is 1. The van der Waals surface area contributed by atoms with Crippen LogP contribution in [-0.2, 0) is 4.74 Å². The van der Waals surface area contributed by atoms with E-state index in [1.807, 2.05) is 11.8 Å². The van der Waals surface area contributed by atoms with E-state index in [9.17, 15) is 0 Å². The molecule has 0 rings (SSSR count). The van der Waals surface area contributed by atoms with Crippen molar-refractivity contribution in [3.8, 4) is 0 Å². The van der Waals surface area contributed by atoms with Crippen molar-refractivity contribution in [1.29, 1.82) is 0 Å². The van der Waals surface area contributed by atoms with Gasteiger partial charge in [-0.15, -0.1) is 0 Å². The van der Waals surface area contributed by atoms with E-state index in [1.165, 1.54) is 12.3 Å². The summed E-state index contributed by atoms with van der Waals surface area (Å²) in [6.07, 6.45) is 0.390. The smallest absolute Gasteiger partial charge is 0.0633 e. The highest BCUT2D eigenvalue weighted by Crippen LogP contribution is 2.05. The van der Waals surface area contributed by atoms with Gasteiger partial charge in [0.15, 0.2) is 0 Å². The molecule has 3 heteroatoms. The lowest BCUT2D eigenvalue weighted by atomic mass is 10.5. The molecule has 0 heterocycles. The normalized spacial score (nSPS) is 13.6. The quantitative estimate of drug-likeness (QED) is 0.563. The topological polar surface area (TPSA) is 12.5 Å². The molecule has 0 spiro atoms. The van der Waals surface area contributed by atoms with Crippen molar-refractivity contribution in [3.05, 3.63) is 0 Å². The Bertz CT molecular complexity index is 107. The lowest BCUT2D eigenvalue weighted by Crippen LogP contribution is -2.25. The molecule has 0 saturated heterocycles. The first-order valence-corrected chi connectivity index (χ1v) is 6.22. The Hall–Kier alpha value is 0.270. The Balaban J connectivity index is 3.23. The van der Waals surface area contributed by atoms with E-state index in [2.05, 4.69) is 25.7 Å². The highest BCUT2D eigenvalue weighted by atomic mass is 32.2. The third-order valence-electron chi connectivity index (χ3n) is 2.20. The van der Waals surface area contributed by atoms with Crippen LogP contribution in [0, 0.1) is 0 Å². The highest BCUT2D eigenvalue weighted by molar-refractivity contribution is 7.99. The van der Waals surface area contributed by atoms with Crippen molar-refractivity contribution < 1.29 is 4.74 Å². The maximum absolute atomic E-state index is 5.18. The number of ether oxygens (including phenoxy) is 1. The SMILES string of the molecule is CCN(CC)CCSCC(C)OC. The van der Waals surface area contributed by atoms with Crippen molar-refractivity contribution >= 4 is 11.8 Å². The first-order valence-electron chi connectivity index (χ1n) is 5.07. The van der Waals surface area contributed by atoms with Gasteiger partial charge in [-0.3, -0.25) is 0 Å². The van der Waals surface area contributed by atoms with E-state index in [4.69, 9.17) is 4.74 Å². The standard InChI is InChI=1S/C10H23NOS/c1-5-11(6-2)7-8-13-9-10(3)12-4/h10H,5-9H2,1-4H3. The van der Waals surface area contributed by atoms with E-state index < -0.39 is 0 Å². The van der Waals surface area contributed by atoms with Gasteiger partial charge in [0, 0.05) is 25.2 Å². The summed E-state index contributed by atoms with van der Waals surface area (Å²) in [5.41, 5.74) is 0. The van der Waals surface area contributed by atoms with Crippen LogP contribution in [0.3, 0.4) is 0 Å². The van der Waals surface area contributed by atoms with Crippen LogP contribution < -0.4 is 0 Å². The molecular formula is C10H23NOS. The van der Waals surface area contributed by atoms with E-state index in [0.29, 0.717) is 6.10 Å².